The molecule has 4 rings (SSSR count). The highest BCUT2D eigenvalue weighted by molar-refractivity contribution is 7.96. The summed E-state index contributed by atoms with van der Waals surface area (Å²) in [6.45, 7) is 0. The number of anilines is 1. The Kier molecular flexibility index (Phi) is 6.39. The van der Waals surface area contributed by atoms with E-state index in [4.69, 9.17) is 0 Å². The lowest BCUT2D eigenvalue weighted by atomic mass is 10.2. The monoisotopic (exact) mass is 441 g/mol. The molecular formula is C26H22N2O3P+. The number of rotatable bonds is 7. The van der Waals surface area contributed by atoms with E-state index in [-0.39, 0.29) is 23.4 Å². The van der Waals surface area contributed by atoms with Crippen LogP contribution in [0.3, 0.4) is 0 Å². The van der Waals surface area contributed by atoms with Crippen molar-refractivity contribution in [1.29, 1.82) is 0 Å². The van der Waals surface area contributed by atoms with Crippen molar-refractivity contribution >= 4 is 40.5 Å². The van der Waals surface area contributed by atoms with E-state index < -0.39 is 12.2 Å². The first-order valence-electron chi connectivity index (χ1n) is 10.2. The fraction of sp³-hybridized carbons (Fsp3) is 0.0385. The third-order valence-corrected chi connectivity index (χ3v) is 9.65. The molecule has 0 fully saturated rings. The van der Waals surface area contributed by atoms with Crippen LogP contribution in [0, 0.1) is 10.1 Å². The first-order valence-corrected chi connectivity index (χ1v) is 12.2. The van der Waals surface area contributed by atoms with Crippen LogP contribution in [0.4, 0.5) is 11.4 Å². The number of nitro benzene ring substituents is 1. The first kappa shape index (κ1) is 21.4. The molecule has 0 radical (unpaired) electrons. The molecule has 0 spiro atoms. The van der Waals surface area contributed by atoms with E-state index in [1.54, 1.807) is 18.2 Å². The zero-order valence-electron chi connectivity index (χ0n) is 17.3. The maximum atomic E-state index is 13.4. The molecule has 4 aromatic rings. The number of hydrogen-bond acceptors (Lipinski definition) is 3. The number of nitro groups is 1. The zero-order valence-corrected chi connectivity index (χ0v) is 18.2. The van der Waals surface area contributed by atoms with Gasteiger partial charge in [0, 0.05) is 6.07 Å². The fourth-order valence-corrected chi connectivity index (χ4v) is 7.91. The fourth-order valence-electron chi connectivity index (χ4n) is 3.91. The van der Waals surface area contributed by atoms with Crippen LogP contribution in [0.15, 0.2) is 115 Å². The quantitative estimate of drug-likeness (QED) is 0.260. The summed E-state index contributed by atoms with van der Waals surface area (Å²) in [4.78, 5) is 24.3. The lowest BCUT2D eigenvalue weighted by Gasteiger charge is -2.27. The van der Waals surface area contributed by atoms with E-state index in [9.17, 15) is 14.9 Å². The van der Waals surface area contributed by atoms with Gasteiger partial charge in [0.15, 0.2) is 6.16 Å². The highest BCUT2D eigenvalue weighted by Crippen LogP contribution is 2.55. The highest BCUT2D eigenvalue weighted by Gasteiger charge is 2.47. The Hall–Kier alpha value is -3.82. The van der Waals surface area contributed by atoms with Gasteiger partial charge in [0.25, 0.3) is 11.6 Å². The molecular weight excluding hydrogens is 419 g/mol. The molecule has 4 aromatic carbocycles. The average molecular weight is 441 g/mol. The van der Waals surface area contributed by atoms with Crippen LogP contribution in [0.25, 0.3) is 0 Å². The summed E-state index contributed by atoms with van der Waals surface area (Å²) in [5.41, 5.74) is 0.0821. The molecule has 5 nitrogen and oxygen atoms in total. The van der Waals surface area contributed by atoms with Crippen LogP contribution >= 0.6 is 7.26 Å². The molecule has 32 heavy (non-hydrogen) atoms. The molecule has 0 saturated carbocycles. The number of carbonyl (C=O) groups excluding carboxylic acids is 1. The summed E-state index contributed by atoms with van der Waals surface area (Å²) in [5.74, 6) is -0.260. The second-order valence-corrected chi connectivity index (χ2v) is 10.8. The van der Waals surface area contributed by atoms with Crippen molar-refractivity contribution in [3.8, 4) is 0 Å². The highest BCUT2D eigenvalue weighted by atomic mass is 31.2. The van der Waals surface area contributed by atoms with Gasteiger partial charge in [-0.1, -0.05) is 66.7 Å². The van der Waals surface area contributed by atoms with E-state index in [1.807, 2.05) is 54.6 Å². The van der Waals surface area contributed by atoms with Gasteiger partial charge in [0.1, 0.15) is 28.9 Å². The van der Waals surface area contributed by atoms with Crippen molar-refractivity contribution in [3.05, 3.63) is 125 Å². The Balaban J connectivity index is 1.83. The van der Waals surface area contributed by atoms with E-state index in [1.165, 1.54) is 6.07 Å². The van der Waals surface area contributed by atoms with Crippen LogP contribution in [0.2, 0.25) is 0 Å². The molecule has 6 heteroatoms. The Morgan fingerprint density at radius 2 is 1.09 bits per heavy atom. The Morgan fingerprint density at radius 3 is 1.53 bits per heavy atom. The van der Waals surface area contributed by atoms with Crippen molar-refractivity contribution < 1.29 is 9.72 Å². The minimum absolute atomic E-state index is 0.121. The second-order valence-electron chi connectivity index (χ2n) is 7.30. The summed E-state index contributed by atoms with van der Waals surface area (Å²) < 4.78 is 0. The maximum Gasteiger partial charge on any atom is 0.292 e. The third kappa shape index (κ3) is 4.29. The smallest absolute Gasteiger partial charge is 0.292 e. The van der Waals surface area contributed by atoms with Gasteiger partial charge in [0.05, 0.1) is 4.92 Å². The Bertz CT molecular complexity index is 1120. The van der Waals surface area contributed by atoms with Gasteiger partial charge in [-0.05, 0) is 42.5 Å². The average Bonchev–Trinajstić information content (AvgIpc) is 2.84. The summed E-state index contributed by atoms with van der Waals surface area (Å²) in [6.07, 6.45) is 0.192. The Labute approximate surface area is 187 Å². The van der Waals surface area contributed by atoms with Crippen LogP contribution < -0.4 is 21.2 Å². The Morgan fingerprint density at radius 1 is 0.688 bits per heavy atom. The number of hydrogen-bond donors (Lipinski definition) is 1. The molecule has 0 heterocycles. The normalized spacial score (nSPS) is 11.0. The number of para-hydroxylation sites is 2. The number of benzene rings is 4. The molecule has 0 aliphatic heterocycles. The van der Waals surface area contributed by atoms with Gasteiger partial charge in [-0.2, -0.15) is 0 Å². The maximum absolute atomic E-state index is 13.4. The number of nitrogens with zero attached hydrogens (tertiary/aromatic N) is 1. The molecule has 0 aromatic heterocycles. The van der Waals surface area contributed by atoms with Gasteiger partial charge in [0.2, 0.25) is 0 Å². The number of amides is 1. The van der Waals surface area contributed by atoms with Gasteiger partial charge in [-0.15, -0.1) is 0 Å². The van der Waals surface area contributed by atoms with E-state index in [0.29, 0.717) is 0 Å². The standard InChI is InChI=1S/C26H21N2O3P/c29-26(27-24-18-10-11-19-25(24)28(30)31)20-32(21-12-4-1-5-13-21,22-14-6-2-7-15-22)23-16-8-3-9-17-23/h1-19H,20H2/p+1. The minimum atomic E-state index is -2.37. The predicted octanol–water partition coefficient (Wildman–Crippen LogP) is 4.53. The molecule has 158 valence electrons. The first-order chi connectivity index (χ1) is 15.6. The zero-order chi connectivity index (χ0) is 22.4. The van der Waals surface area contributed by atoms with Crippen LogP contribution in [-0.2, 0) is 4.79 Å². The van der Waals surface area contributed by atoms with Crippen molar-refractivity contribution in [1.82, 2.24) is 0 Å². The van der Waals surface area contributed by atoms with E-state index in [2.05, 4.69) is 41.7 Å². The molecule has 0 aliphatic carbocycles. The lowest BCUT2D eigenvalue weighted by molar-refractivity contribution is -0.383. The van der Waals surface area contributed by atoms with E-state index in [0.717, 1.165) is 15.9 Å². The molecule has 0 saturated heterocycles. The molecule has 0 atom stereocenters. The minimum Gasteiger partial charge on any atom is -0.317 e. The third-order valence-electron chi connectivity index (χ3n) is 5.35. The van der Waals surface area contributed by atoms with Crippen LogP contribution in [0.5, 0.6) is 0 Å². The molecule has 0 unspecified atom stereocenters. The topological polar surface area (TPSA) is 72.2 Å². The van der Waals surface area contributed by atoms with Crippen molar-refractivity contribution in [2.24, 2.45) is 0 Å². The van der Waals surface area contributed by atoms with Gasteiger partial charge in [-0.3, -0.25) is 14.9 Å². The summed E-state index contributed by atoms with van der Waals surface area (Å²) >= 11 is 0. The SMILES string of the molecule is O=C(C[P+](c1ccccc1)(c1ccccc1)c1ccccc1)Nc1ccccc1[N+](=O)[O-]. The van der Waals surface area contributed by atoms with E-state index >= 15 is 0 Å². The van der Waals surface area contributed by atoms with Gasteiger partial charge < -0.3 is 5.32 Å². The van der Waals surface area contributed by atoms with Crippen LogP contribution in [0.1, 0.15) is 0 Å². The predicted molar refractivity (Wildman–Crippen MR) is 132 cm³/mol. The van der Waals surface area contributed by atoms with Crippen LogP contribution in [-0.4, -0.2) is 17.0 Å². The molecule has 0 bridgehead atoms. The van der Waals surface area contributed by atoms with Crippen molar-refractivity contribution in [2.75, 3.05) is 11.5 Å². The summed E-state index contributed by atoms with van der Waals surface area (Å²) in [7, 11) is -2.37. The van der Waals surface area contributed by atoms with Crippen molar-refractivity contribution in [2.45, 2.75) is 0 Å². The summed E-state index contributed by atoms with van der Waals surface area (Å²) in [6, 6.07) is 36.4. The van der Waals surface area contributed by atoms with Gasteiger partial charge >= 0.3 is 0 Å². The largest absolute Gasteiger partial charge is 0.317 e. The molecule has 1 amide bonds. The second kappa shape index (κ2) is 9.54. The molecule has 0 aliphatic rings. The number of carbonyl (C=O) groups is 1. The summed E-state index contributed by atoms with van der Waals surface area (Å²) in [5, 5.41) is 17.5. The van der Waals surface area contributed by atoms with Crippen molar-refractivity contribution in [3.63, 3.8) is 0 Å². The lowest BCUT2D eigenvalue weighted by Crippen LogP contribution is -2.37. The number of nitrogens with one attached hydrogen (secondary N) is 1. The molecule has 1 N–H and O–H groups in total. The van der Waals surface area contributed by atoms with Gasteiger partial charge in [-0.25, -0.2) is 0 Å².